The van der Waals surface area contributed by atoms with E-state index in [1.54, 1.807) is 4.90 Å². The Labute approximate surface area is 156 Å². The lowest BCUT2D eigenvalue weighted by molar-refractivity contribution is -0.171. The predicted octanol–water partition coefficient (Wildman–Crippen LogP) is 0.700. The number of nitrogens with one attached hydrogen (secondary N) is 1. The molecule has 0 aromatic rings. The first-order chi connectivity index (χ1) is 12.3. The van der Waals surface area contributed by atoms with E-state index in [1.165, 1.54) is 6.42 Å². The van der Waals surface area contributed by atoms with Gasteiger partial charge in [0.1, 0.15) is 0 Å². The van der Waals surface area contributed by atoms with Crippen LogP contribution < -0.4 is 5.32 Å². The maximum absolute atomic E-state index is 12.6. The second-order valence-electron chi connectivity index (χ2n) is 9.56. The number of aliphatic hydroxyl groups is 1. The van der Waals surface area contributed by atoms with Crippen molar-refractivity contribution in [2.45, 2.75) is 44.1 Å². The van der Waals surface area contributed by atoms with E-state index in [0.717, 1.165) is 44.1 Å². The molecular weight excluding hydrogens is 330 g/mol. The molecule has 1 heterocycles. The van der Waals surface area contributed by atoms with Crippen molar-refractivity contribution >= 4 is 11.8 Å². The standard InChI is InChI=1S/C20H33N3O3/c1-22(2)3-4-23-11-15(10-18(23)24)19(25)21-12-20(26)16-6-13-5-14(8-16)9-17(20)7-13/h13-17,26H,3-12H2,1-2H3,(H,21,25)/t13?,14?,15-,16?,17?,20?/m0/s1. The number of likely N-dealkylation sites (N-methyl/N-ethyl adjacent to an activating group) is 1. The Morgan fingerprint density at radius 1 is 1.19 bits per heavy atom. The summed E-state index contributed by atoms with van der Waals surface area (Å²) in [6, 6.07) is 0. The average molecular weight is 364 g/mol. The zero-order valence-electron chi connectivity index (χ0n) is 16.1. The molecule has 146 valence electrons. The fourth-order valence-corrected chi connectivity index (χ4v) is 6.15. The van der Waals surface area contributed by atoms with Crippen LogP contribution in [-0.2, 0) is 9.59 Å². The van der Waals surface area contributed by atoms with Crippen LogP contribution in [0.5, 0.6) is 0 Å². The first kappa shape index (κ1) is 18.2. The van der Waals surface area contributed by atoms with Crippen LogP contribution in [0.1, 0.15) is 38.5 Å². The largest absolute Gasteiger partial charge is 0.387 e. The van der Waals surface area contributed by atoms with Gasteiger partial charge in [-0.3, -0.25) is 9.59 Å². The summed E-state index contributed by atoms with van der Waals surface area (Å²) >= 11 is 0. The van der Waals surface area contributed by atoms with Crippen molar-refractivity contribution in [3.05, 3.63) is 0 Å². The number of hydrogen-bond acceptors (Lipinski definition) is 4. The molecule has 4 aliphatic carbocycles. The van der Waals surface area contributed by atoms with Crippen molar-refractivity contribution in [3.63, 3.8) is 0 Å². The highest BCUT2D eigenvalue weighted by molar-refractivity contribution is 5.89. The summed E-state index contributed by atoms with van der Waals surface area (Å²) in [5.41, 5.74) is -0.726. The van der Waals surface area contributed by atoms with Crippen LogP contribution in [0.3, 0.4) is 0 Å². The molecule has 6 nitrogen and oxygen atoms in total. The lowest BCUT2D eigenvalue weighted by atomic mass is 9.50. The number of nitrogens with zero attached hydrogens (tertiary/aromatic N) is 2. The van der Waals surface area contributed by atoms with Crippen molar-refractivity contribution in [3.8, 4) is 0 Å². The van der Waals surface area contributed by atoms with E-state index < -0.39 is 5.60 Å². The quantitative estimate of drug-likeness (QED) is 0.729. The number of likely N-dealkylation sites (tertiary alicyclic amines) is 1. The summed E-state index contributed by atoms with van der Waals surface area (Å²) < 4.78 is 0. The van der Waals surface area contributed by atoms with E-state index in [9.17, 15) is 14.7 Å². The number of amides is 2. The maximum atomic E-state index is 12.6. The molecule has 4 saturated carbocycles. The van der Waals surface area contributed by atoms with E-state index >= 15 is 0 Å². The predicted molar refractivity (Wildman–Crippen MR) is 98.2 cm³/mol. The summed E-state index contributed by atoms with van der Waals surface area (Å²) in [5.74, 6) is 2.03. The van der Waals surface area contributed by atoms with Gasteiger partial charge in [0.25, 0.3) is 0 Å². The Bertz CT molecular complexity index is 549. The molecule has 0 radical (unpaired) electrons. The van der Waals surface area contributed by atoms with Gasteiger partial charge >= 0.3 is 0 Å². The zero-order chi connectivity index (χ0) is 18.5. The SMILES string of the molecule is CN(C)CCN1C[C@@H](C(=O)NCC2(O)C3CC4CC(C3)CC2C4)CC1=O. The Morgan fingerprint density at radius 2 is 1.81 bits per heavy atom. The molecule has 0 unspecified atom stereocenters. The van der Waals surface area contributed by atoms with Crippen molar-refractivity contribution in [2.75, 3.05) is 40.3 Å². The highest BCUT2D eigenvalue weighted by atomic mass is 16.3. The van der Waals surface area contributed by atoms with Gasteiger partial charge in [0.2, 0.25) is 11.8 Å². The average Bonchev–Trinajstić information content (AvgIpc) is 2.96. The molecule has 2 amide bonds. The van der Waals surface area contributed by atoms with E-state index in [2.05, 4.69) is 5.32 Å². The van der Waals surface area contributed by atoms with Crippen LogP contribution >= 0.6 is 0 Å². The van der Waals surface area contributed by atoms with Crippen LogP contribution in [0.15, 0.2) is 0 Å². The Hall–Kier alpha value is -1.14. The normalized spacial score (nSPS) is 41.3. The van der Waals surface area contributed by atoms with Gasteiger partial charge in [-0.2, -0.15) is 0 Å². The zero-order valence-corrected chi connectivity index (χ0v) is 16.1. The topological polar surface area (TPSA) is 72.9 Å². The molecule has 0 aromatic carbocycles. The minimum atomic E-state index is -0.726. The smallest absolute Gasteiger partial charge is 0.225 e. The molecule has 0 aromatic heterocycles. The summed E-state index contributed by atoms with van der Waals surface area (Å²) in [6.45, 7) is 2.36. The highest BCUT2D eigenvalue weighted by Gasteiger charge is 2.56. The summed E-state index contributed by atoms with van der Waals surface area (Å²) in [4.78, 5) is 28.6. The number of carbonyl (C=O) groups excluding carboxylic acids is 2. The van der Waals surface area contributed by atoms with Crippen molar-refractivity contribution in [1.29, 1.82) is 0 Å². The molecular formula is C20H33N3O3. The van der Waals surface area contributed by atoms with Gasteiger partial charge in [-0.05, 0) is 69.9 Å². The van der Waals surface area contributed by atoms with Crippen molar-refractivity contribution in [2.24, 2.45) is 29.6 Å². The molecule has 2 N–H and O–H groups in total. The molecule has 5 aliphatic rings. The fraction of sp³-hybridized carbons (Fsp3) is 0.900. The van der Waals surface area contributed by atoms with Crippen LogP contribution in [-0.4, -0.2) is 72.6 Å². The third kappa shape index (κ3) is 3.26. The molecule has 26 heavy (non-hydrogen) atoms. The summed E-state index contributed by atoms with van der Waals surface area (Å²) in [5, 5.41) is 14.4. The number of carbonyl (C=O) groups is 2. The molecule has 1 saturated heterocycles. The van der Waals surface area contributed by atoms with E-state index in [4.69, 9.17) is 0 Å². The first-order valence-corrected chi connectivity index (χ1v) is 10.3. The van der Waals surface area contributed by atoms with Crippen LogP contribution in [0.25, 0.3) is 0 Å². The van der Waals surface area contributed by atoms with E-state index in [-0.39, 0.29) is 17.7 Å². The van der Waals surface area contributed by atoms with Gasteiger partial charge < -0.3 is 20.2 Å². The summed E-state index contributed by atoms with van der Waals surface area (Å²) in [6.07, 6.45) is 6.15. The third-order valence-electron chi connectivity index (χ3n) is 7.50. The lowest BCUT2D eigenvalue weighted by Crippen LogP contribution is -2.62. The van der Waals surface area contributed by atoms with Gasteiger partial charge in [0.15, 0.2) is 0 Å². The van der Waals surface area contributed by atoms with Crippen LogP contribution in [0.2, 0.25) is 0 Å². The molecule has 4 bridgehead atoms. The molecule has 5 rings (SSSR count). The van der Waals surface area contributed by atoms with Gasteiger partial charge in [0.05, 0.1) is 11.5 Å². The molecule has 1 aliphatic heterocycles. The fourth-order valence-electron chi connectivity index (χ4n) is 6.15. The third-order valence-corrected chi connectivity index (χ3v) is 7.50. The maximum Gasteiger partial charge on any atom is 0.225 e. The highest BCUT2D eigenvalue weighted by Crippen LogP contribution is 2.58. The molecule has 1 atom stereocenters. The van der Waals surface area contributed by atoms with Gasteiger partial charge in [-0.1, -0.05) is 0 Å². The van der Waals surface area contributed by atoms with Crippen LogP contribution in [0.4, 0.5) is 0 Å². The van der Waals surface area contributed by atoms with Gasteiger partial charge in [-0.25, -0.2) is 0 Å². The minimum Gasteiger partial charge on any atom is -0.387 e. The number of hydrogen-bond donors (Lipinski definition) is 2. The molecule has 5 fully saturated rings. The molecule has 0 spiro atoms. The second kappa shape index (κ2) is 6.79. The van der Waals surface area contributed by atoms with Gasteiger partial charge in [0, 0.05) is 32.6 Å². The van der Waals surface area contributed by atoms with Gasteiger partial charge in [-0.15, -0.1) is 0 Å². The van der Waals surface area contributed by atoms with E-state index in [1.807, 2.05) is 19.0 Å². The Kier molecular flexibility index (Phi) is 4.76. The monoisotopic (exact) mass is 363 g/mol. The van der Waals surface area contributed by atoms with Crippen LogP contribution in [0, 0.1) is 29.6 Å². The summed E-state index contributed by atoms with van der Waals surface area (Å²) in [7, 11) is 3.97. The van der Waals surface area contributed by atoms with Crippen molar-refractivity contribution < 1.29 is 14.7 Å². The lowest BCUT2D eigenvalue weighted by Gasteiger charge is -2.59. The Morgan fingerprint density at radius 3 is 2.38 bits per heavy atom. The van der Waals surface area contributed by atoms with Crippen molar-refractivity contribution in [1.82, 2.24) is 15.1 Å². The number of rotatable bonds is 6. The first-order valence-electron chi connectivity index (χ1n) is 10.3. The Balaban J connectivity index is 1.31. The minimum absolute atomic E-state index is 0.0621. The molecule has 6 heteroatoms. The van der Waals surface area contributed by atoms with E-state index in [0.29, 0.717) is 37.9 Å². The second-order valence-corrected chi connectivity index (χ2v) is 9.56.